The third-order valence-corrected chi connectivity index (χ3v) is 1.51. The number of amides is 1. The molecule has 0 unspecified atom stereocenters. The van der Waals surface area contributed by atoms with Crippen molar-refractivity contribution in [1.82, 2.24) is 10.3 Å². The smallest absolute Gasteiger partial charge is 0.217 e. The van der Waals surface area contributed by atoms with Gasteiger partial charge in [0.15, 0.2) is 0 Å². The zero-order valence-electron chi connectivity index (χ0n) is 7.37. The third-order valence-electron chi connectivity index (χ3n) is 1.51. The predicted molar refractivity (Wildman–Crippen MR) is 49.7 cm³/mol. The number of nitrogens with one attached hydrogen (secondary N) is 1. The van der Waals surface area contributed by atoms with Crippen molar-refractivity contribution < 1.29 is 4.79 Å². The number of hydrogen-bond acceptors (Lipinski definition) is 2. The van der Waals surface area contributed by atoms with E-state index in [2.05, 4.69) is 16.2 Å². The molecule has 0 aliphatic heterocycles. The Hall–Kier alpha value is -1.82. The van der Waals surface area contributed by atoms with Gasteiger partial charge in [0, 0.05) is 19.7 Å². The number of pyridine rings is 1. The Balaban J connectivity index is 2.68. The van der Waals surface area contributed by atoms with E-state index in [0.717, 1.165) is 5.56 Å². The van der Waals surface area contributed by atoms with Gasteiger partial charge in [-0.3, -0.25) is 4.79 Å². The Labute approximate surface area is 77.2 Å². The second-order valence-corrected chi connectivity index (χ2v) is 2.60. The fourth-order valence-electron chi connectivity index (χ4n) is 0.890. The van der Waals surface area contributed by atoms with E-state index in [4.69, 9.17) is 6.42 Å². The summed E-state index contributed by atoms with van der Waals surface area (Å²) in [6.07, 6.45) is 6.81. The van der Waals surface area contributed by atoms with Crippen molar-refractivity contribution in [2.24, 2.45) is 0 Å². The lowest BCUT2D eigenvalue weighted by atomic mass is 10.2. The second kappa shape index (κ2) is 4.27. The van der Waals surface area contributed by atoms with Gasteiger partial charge in [-0.05, 0) is 17.7 Å². The van der Waals surface area contributed by atoms with E-state index in [1.54, 1.807) is 12.3 Å². The molecule has 0 atom stereocenters. The van der Waals surface area contributed by atoms with E-state index in [1.807, 2.05) is 6.07 Å². The van der Waals surface area contributed by atoms with Gasteiger partial charge in [-0.1, -0.05) is 5.92 Å². The summed E-state index contributed by atoms with van der Waals surface area (Å²) >= 11 is 0. The van der Waals surface area contributed by atoms with Crippen molar-refractivity contribution in [2.75, 3.05) is 0 Å². The number of carbonyl (C=O) groups is 1. The number of terminal acetylenes is 1. The van der Waals surface area contributed by atoms with Crippen LogP contribution in [-0.4, -0.2) is 10.9 Å². The maximum atomic E-state index is 10.6. The van der Waals surface area contributed by atoms with Crippen LogP contribution >= 0.6 is 0 Å². The largest absolute Gasteiger partial charge is 0.352 e. The van der Waals surface area contributed by atoms with Crippen LogP contribution < -0.4 is 5.32 Å². The second-order valence-electron chi connectivity index (χ2n) is 2.60. The van der Waals surface area contributed by atoms with Crippen LogP contribution in [0.1, 0.15) is 18.2 Å². The molecule has 0 aliphatic rings. The van der Waals surface area contributed by atoms with E-state index in [9.17, 15) is 4.79 Å². The van der Waals surface area contributed by atoms with Crippen LogP contribution in [0.25, 0.3) is 0 Å². The number of aromatic nitrogens is 1. The molecule has 0 radical (unpaired) electrons. The Morgan fingerprint density at radius 3 is 3.15 bits per heavy atom. The van der Waals surface area contributed by atoms with Gasteiger partial charge in [-0.15, -0.1) is 6.42 Å². The van der Waals surface area contributed by atoms with Crippen molar-refractivity contribution in [3.8, 4) is 12.3 Å². The van der Waals surface area contributed by atoms with E-state index in [1.165, 1.54) is 6.92 Å². The highest BCUT2D eigenvalue weighted by Gasteiger charge is 1.95. The monoisotopic (exact) mass is 174 g/mol. The van der Waals surface area contributed by atoms with Crippen LogP contribution in [0.4, 0.5) is 0 Å². The highest BCUT2D eigenvalue weighted by atomic mass is 16.1. The molecule has 13 heavy (non-hydrogen) atoms. The van der Waals surface area contributed by atoms with Crippen LogP contribution in [0.3, 0.4) is 0 Å². The van der Waals surface area contributed by atoms with Crippen molar-refractivity contribution >= 4 is 5.91 Å². The molecule has 0 bridgehead atoms. The summed E-state index contributed by atoms with van der Waals surface area (Å²) in [5.41, 5.74) is 1.54. The molecular weight excluding hydrogens is 164 g/mol. The molecule has 3 heteroatoms. The van der Waals surface area contributed by atoms with Crippen LogP contribution in [0.5, 0.6) is 0 Å². The van der Waals surface area contributed by atoms with E-state index in [0.29, 0.717) is 12.2 Å². The Kier molecular flexibility index (Phi) is 3.04. The van der Waals surface area contributed by atoms with Crippen LogP contribution in [0.2, 0.25) is 0 Å². The molecule has 1 aromatic rings. The third kappa shape index (κ3) is 2.96. The lowest BCUT2D eigenvalue weighted by Gasteiger charge is -2.01. The Morgan fingerprint density at radius 2 is 2.54 bits per heavy atom. The zero-order valence-corrected chi connectivity index (χ0v) is 7.37. The molecule has 1 rings (SSSR count). The van der Waals surface area contributed by atoms with Crippen LogP contribution in [-0.2, 0) is 11.3 Å². The first-order valence-corrected chi connectivity index (χ1v) is 3.88. The summed E-state index contributed by atoms with van der Waals surface area (Å²) in [5, 5.41) is 2.68. The minimum absolute atomic E-state index is 0.0564. The van der Waals surface area contributed by atoms with Crippen LogP contribution in [0.15, 0.2) is 18.3 Å². The zero-order chi connectivity index (χ0) is 9.68. The molecule has 0 saturated heterocycles. The molecule has 0 aromatic carbocycles. The standard InChI is InChI=1S/C10H10N2O/c1-3-10-6-9(4-5-11-10)7-12-8(2)13/h1,4-6H,7H2,2H3,(H,12,13). The number of nitrogens with zero attached hydrogens (tertiary/aromatic N) is 1. The molecule has 1 amide bonds. The van der Waals surface area contributed by atoms with Gasteiger partial charge in [0.05, 0.1) is 0 Å². The van der Waals surface area contributed by atoms with Crippen LogP contribution in [0, 0.1) is 12.3 Å². The van der Waals surface area contributed by atoms with Gasteiger partial charge >= 0.3 is 0 Å². The fraction of sp³-hybridized carbons (Fsp3) is 0.200. The first kappa shape index (κ1) is 9.27. The van der Waals surface area contributed by atoms with Gasteiger partial charge in [-0.2, -0.15) is 0 Å². The molecule has 66 valence electrons. The highest BCUT2D eigenvalue weighted by Crippen LogP contribution is 1.99. The highest BCUT2D eigenvalue weighted by molar-refractivity contribution is 5.72. The maximum absolute atomic E-state index is 10.6. The van der Waals surface area contributed by atoms with Gasteiger partial charge in [0.1, 0.15) is 5.69 Å². The molecule has 0 spiro atoms. The van der Waals surface area contributed by atoms with Crippen molar-refractivity contribution in [3.63, 3.8) is 0 Å². The van der Waals surface area contributed by atoms with Crippen molar-refractivity contribution in [1.29, 1.82) is 0 Å². The van der Waals surface area contributed by atoms with Crippen molar-refractivity contribution in [3.05, 3.63) is 29.6 Å². The minimum Gasteiger partial charge on any atom is -0.352 e. The van der Waals surface area contributed by atoms with E-state index >= 15 is 0 Å². The first-order valence-electron chi connectivity index (χ1n) is 3.88. The number of hydrogen-bond donors (Lipinski definition) is 1. The minimum atomic E-state index is -0.0564. The molecule has 1 aromatic heterocycles. The molecule has 1 N–H and O–H groups in total. The Bertz CT molecular complexity index is 352. The average Bonchev–Trinajstić information content (AvgIpc) is 2.15. The fourth-order valence-corrected chi connectivity index (χ4v) is 0.890. The predicted octanol–water partition coefficient (Wildman–Crippen LogP) is 0.699. The number of carbonyl (C=O) groups excluding carboxylic acids is 1. The first-order chi connectivity index (χ1) is 6.22. The summed E-state index contributed by atoms with van der Waals surface area (Å²) < 4.78 is 0. The molecular formula is C10H10N2O. The molecule has 0 saturated carbocycles. The normalized spacial score (nSPS) is 8.92. The van der Waals surface area contributed by atoms with Gasteiger partial charge in [0.2, 0.25) is 5.91 Å². The maximum Gasteiger partial charge on any atom is 0.217 e. The quantitative estimate of drug-likeness (QED) is 0.670. The topological polar surface area (TPSA) is 42.0 Å². The lowest BCUT2D eigenvalue weighted by molar-refractivity contribution is -0.119. The Morgan fingerprint density at radius 1 is 1.77 bits per heavy atom. The summed E-state index contributed by atoms with van der Waals surface area (Å²) in [4.78, 5) is 14.5. The van der Waals surface area contributed by atoms with E-state index in [-0.39, 0.29) is 5.91 Å². The molecule has 0 fully saturated rings. The van der Waals surface area contributed by atoms with Crippen molar-refractivity contribution in [2.45, 2.75) is 13.5 Å². The summed E-state index contributed by atoms with van der Waals surface area (Å²) in [6, 6.07) is 3.59. The summed E-state index contributed by atoms with van der Waals surface area (Å²) in [6.45, 7) is 1.97. The van der Waals surface area contributed by atoms with Gasteiger partial charge in [-0.25, -0.2) is 4.98 Å². The van der Waals surface area contributed by atoms with Gasteiger partial charge in [0.25, 0.3) is 0 Å². The van der Waals surface area contributed by atoms with E-state index < -0.39 is 0 Å². The summed E-state index contributed by atoms with van der Waals surface area (Å²) in [5.74, 6) is 2.37. The molecule has 0 aliphatic carbocycles. The SMILES string of the molecule is C#Cc1cc(CNC(C)=O)ccn1. The molecule has 3 nitrogen and oxygen atoms in total. The number of rotatable bonds is 2. The lowest BCUT2D eigenvalue weighted by Crippen LogP contribution is -2.18. The van der Waals surface area contributed by atoms with Gasteiger partial charge < -0.3 is 5.32 Å². The average molecular weight is 174 g/mol. The summed E-state index contributed by atoms with van der Waals surface area (Å²) in [7, 11) is 0. The molecule has 1 heterocycles.